The molecule has 0 aliphatic heterocycles. The average Bonchev–Trinajstić information content (AvgIpc) is 3.33. The van der Waals surface area contributed by atoms with Crippen LogP contribution in [0, 0.1) is 0 Å². The van der Waals surface area contributed by atoms with Gasteiger partial charge in [0.1, 0.15) is 13.2 Å². The molecule has 0 aliphatic carbocycles. The molecule has 0 heterocycles. The van der Waals surface area contributed by atoms with Crippen molar-refractivity contribution in [2.24, 2.45) is 0 Å². The average molecular weight is 942 g/mol. The van der Waals surface area contributed by atoms with Crippen LogP contribution in [0.5, 0.6) is 0 Å². The second-order valence-corrected chi connectivity index (χ2v) is 19.9. The molecule has 0 bridgehead atoms. The molecule has 1 unspecified atom stereocenters. The van der Waals surface area contributed by atoms with Gasteiger partial charge in [0.05, 0.1) is 0 Å². The fraction of sp³-hybridized carbons (Fsp3) is 0.852. The van der Waals surface area contributed by atoms with Gasteiger partial charge < -0.3 is 14.2 Å². The summed E-state index contributed by atoms with van der Waals surface area (Å²) in [5.41, 5.74) is 0. The van der Waals surface area contributed by atoms with Crippen LogP contribution in [0.25, 0.3) is 0 Å². The van der Waals surface area contributed by atoms with E-state index in [4.69, 9.17) is 14.2 Å². The van der Waals surface area contributed by atoms with Gasteiger partial charge in [-0.15, -0.1) is 0 Å². The van der Waals surface area contributed by atoms with Crippen molar-refractivity contribution >= 4 is 17.9 Å². The summed E-state index contributed by atoms with van der Waals surface area (Å²) in [5, 5.41) is 0. The molecular formula is C61H112O6. The number of carbonyl (C=O) groups excluding carboxylic acids is 3. The molecule has 6 nitrogen and oxygen atoms in total. The first kappa shape index (κ1) is 64.6. The molecule has 0 aliphatic rings. The topological polar surface area (TPSA) is 78.9 Å². The molecule has 0 N–H and O–H groups in total. The lowest BCUT2D eigenvalue weighted by Crippen LogP contribution is -2.30. The first-order valence-corrected chi connectivity index (χ1v) is 29.5. The fourth-order valence-corrected chi connectivity index (χ4v) is 8.69. The van der Waals surface area contributed by atoms with Crippen molar-refractivity contribution in [2.45, 2.75) is 322 Å². The van der Waals surface area contributed by atoms with Gasteiger partial charge in [0, 0.05) is 19.3 Å². The van der Waals surface area contributed by atoms with Crippen LogP contribution < -0.4 is 0 Å². The monoisotopic (exact) mass is 941 g/mol. The molecule has 0 saturated carbocycles. The van der Waals surface area contributed by atoms with E-state index in [1.165, 1.54) is 199 Å². The number of hydrogen-bond acceptors (Lipinski definition) is 6. The van der Waals surface area contributed by atoms with E-state index in [-0.39, 0.29) is 31.1 Å². The van der Waals surface area contributed by atoms with Crippen LogP contribution in [0.3, 0.4) is 0 Å². The predicted octanol–water partition coefficient (Wildman–Crippen LogP) is 19.7. The third kappa shape index (κ3) is 54.4. The number of esters is 3. The van der Waals surface area contributed by atoms with Crippen LogP contribution >= 0.6 is 0 Å². The zero-order valence-corrected chi connectivity index (χ0v) is 44.9. The Labute approximate surface area is 416 Å². The summed E-state index contributed by atoms with van der Waals surface area (Å²) in [7, 11) is 0. The molecule has 6 heteroatoms. The second-order valence-electron chi connectivity index (χ2n) is 19.9. The van der Waals surface area contributed by atoms with Gasteiger partial charge in [-0.25, -0.2) is 0 Å². The first-order chi connectivity index (χ1) is 33.0. The summed E-state index contributed by atoms with van der Waals surface area (Å²) in [6.07, 6.45) is 67.2. The first-order valence-electron chi connectivity index (χ1n) is 29.5. The summed E-state index contributed by atoms with van der Waals surface area (Å²) < 4.78 is 16.8. The number of rotatable bonds is 54. The lowest BCUT2D eigenvalue weighted by Gasteiger charge is -2.18. The Kier molecular flexibility index (Phi) is 54.2. The maximum absolute atomic E-state index is 12.8. The highest BCUT2D eigenvalue weighted by Crippen LogP contribution is 2.17. The molecule has 0 radical (unpaired) electrons. The normalized spacial score (nSPS) is 12.2. The van der Waals surface area contributed by atoms with Gasteiger partial charge in [0.2, 0.25) is 0 Å². The molecule has 0 amide bonds. The van der Waals surface area contributed by atoms with Crippen LogP contribution in [-0.4, -0.2) is 37.2 Å². The van der Waals surface area contributed by atoms with E-state index in [1.807, 2.05) is 0 Å². The molecule has 0 fully saturated rings. The fourth-order valence-electron chi connectivity index (χ4n) is 8.69. The van der Waals surface area contributed by atoms with E-state index in [2.05, 4.69) is 57.2 Å². The zero-order valence-electron chi connectivity index (χ0n) is 44.9. The van der Waals surface area contributed by atoms with Crippen molar-refractivity contribution in [3.63, 3.8) is 0 Å². The van der Waals surface area contributed by atoms with Crippen LogP contribution in [0.15, 0.2) is 36.5 Å². The molecule has 0 aromatic carbocycles. The lowest BCUT2D eigenvalue weighted by atomic mass is 10.0. The minimum absolute atomic E-state index is 0.0704. The van der Waals surface area contributed by atoms with Crippen molar-refractivity contribution in [3.8, 4) is 0 Å². The smallest absolute Gasteiger partial charge is 0.306 e. The third-order valence-corrected chi connectivity index (χ3v) is 13.1. The van der Waals surface area contributed by atoms with E-state index in [9.17, 15) is 14.4 Å². The summed E-state index contributed by atoms with van der Waals surface area (Å²) in [6, 6.07) is 0. The SMILES string of the molecule is CCCCCCC/C=C\C/C=C\C/C=C\CCCCCCCCCCC(=O)OCC(COC(=O)CCCCCCCCCC)OC(=O)CCCCCCCCCCCCCCCCCCCC. The second kappa shape index (κ2) is 56.2. The zero-order chi connectivity index (χ0) is 48.6. The summed E-state index contributed by atoms with van der Waals surface area (Å²) in [4.78, 5) is 38.0. The highest BCUT2D eigenvalue weighted by atomic mass is 16.6. The van der Waals surface area contributed by atoms with E-state index >= 15 is 0 Å². The van der Waals surface area contributed by atoms with Gasteiger partial charge in [-0.3, -0.25) is 14.4 Å². The third-order valence-electron chi connectivity index (χ3n) is 13.1. The van der Waals surface area contributed by atoms with Crippen molar-refractivity contribution in [1.82, 2.24) is 0 Å². The van der Waals surface area contributed by atoms with Crippen LogP contribution in [0.4, 0.5) is 0 Å². The maximum atomic E-state index is 12.8. The molecule has 67 heavy (non-hydrogen) atoms. The quantitative estimate of drug-likeness (QED) is 0.0262. The number of carbonyl (C=O) groups is 3. The molecule has 392 valence electrons. The summed E-state index contributed by atoms with van der Waals surface area (Å²) in [5.74, 6) is -0.864. The Morgan fingerprint density at radius 2 is 0.537 bits per heavy atom. The van der Waals surface area contributed by atoms with Gasteiger partial charge in [0.15, 0.2) is 6.10 Å². The van der Waals surface area contributed by atoms with Crippen molar-refractivity contribution in [2.75, 3.05) is 13.2 Å². The molecule has 0 aromatic heterocycles. The predicted molar refractivity (Wildman–Crippen MR) is 289 cm³/mol. The van der Waals surface area contributed by atoms with Gasteiger partial charge in [-0.2, -0.15) is 0 Å². The minimum Gasteiger partial charge on any atom is -0.462 e. The molecule has 0 rings (SSSR count). The van der Waals surface area contributed by atoms with Crippen LogP contribution in [0.1, 0.15) is 316 Å². The van der Waals surface area contributed by atoms with E-state index in [0.29, 0.717) is 19.3 Å². The molecule has 0 saturated heterocycles. The highest BCUT2D eigenvalue weighted by molar-refractivity contribution is 5.71. The Morgan fingerprint density at radius 3 is 0.836 bits per heavy atom. The number of ether oxygens (including phenoxy) is 3. The standard InChI is InChI=1S/C61H112O6/c1-4-7-10-13-16-19-21-23-25-27-29-30-31-32-33-35-36-38-40-42-45-48-51-54-60(63)66-57-58(56-65-59(62)53-50-47-44-18-15-12-9-6-3)67-61(64)55-52-49-46-43-41-39-37-34-28-26-24-22-20-17-14-11-8-5-2/h21,23,27,29,31-32,58H,4-20,22,24-26,28,30,33-57H2,1-3H3/b23-21-,29-27-,32-31-. The molecular weight excluding hydrogens is 829 g/mol. The number of allylic oxidation sites excluding steroid dienone is 6. The lowest BCUT2D eigenvalue weighted by molar-refractivity contribution is -0.167. The van der Waals surface area contributed by atoms with E-state index in [0.717, 1.165) is 77.0 Å². The number of unbranched alkanes of at least 4 members (excludes halogenated alkanes) is 37. The molecule has 0 aromatic rings. The Bertz CT molecular complexity index is 1130. The van der Waals surface area contributed by atoms with E-state index < -0.39 is 6.10 Å². The van der Waals surface area contributed by atoms with E-state index in [1.54, 1.807) is 0 Å². The van der Waals surface area contributed by atoms with Crippen LogP contribution in [0.2, 0.25) is 0 Å². The summed E-state index contributed by atoms with van der Waals surface area (Å²) in [6.45, 7) is 6.64. The summed E-state index contributed by atoms with van der Waals surface area (Å²) >= 11 is 0. The highest BCUT2D eigenvalue weighted by Gasteiger charge is 2.19. The van der Waals surface area contributed by atoms with Crippen molar-refractivity contribution in [1.29, 1.82) is 0 Å². The van der Waals surface area contributed by atoms with Crippen LogP contribution in [-0.2, 0) is 28.6 Å². The minimum atomic E-state index is -0.770. The van der Waals surface area contributed by atoms with Gasteiger partial charge in [-0.05, 0) is 57.8 Å². The molecule has 1 atom stereocenters. The Balaban J connectivity index is 4.20. The van der Waals surface area contributed by atoms with Crippen molar-refractivity contribution in [3.05, 3.63) is 36.5 Å². The van der Waals surface area contributed by atoms with Gasteiger partial charge in [-0.1, -0.05) is 276 Å². The maximum Gasteiger partial charge on any atom is 0.306 e. The Hall–Kier alpha value is -2.37. The Morgan fingerprint density at radius 1 is 0.299 bits per heavy atom. The largest absolute Gasteiger partial charge is 0.462 e. The van der Waals surface area contributed by atoms with Gasteiger partial charge >= 0.3 is 17.9 Å². The molecule has 0 spiro atoms. The van der Waals surface area contributed by atoms with Gasteiger partial charge in [0.25, 0.3) is 0 Å². The number of hydrogen-bond donors (Lipinski definition) is 0. The van der Waals surface area contributed by atoms with Crippen molar-refractivity contribution < 1.29 is 28.6 Å².